The highest BCUT2D eigenvalue weighted by atomic mass is 32.1. The Bertz CT molecular complexity index is 1010. The van der Waals surface area contributed by atoms with Crippen LogP contribution in [-0.4, -0.2) is 33.1 Å². The predicted molar refractivity (Wildman–Crippen MR) is 109 cm³/mol. The SMILES string of the molecule is Cc1cc(NC(=O)CCCNC(=O)c2cccs2)n(-c2ccc([N+](=O)[O-])cc2)n1. The lowest BCUT2D eigenvalue weighted by Gasteiger charge is -2.09. The van der Waals surface area contributed by atoms with Crippen LogP contribution in [0, 0.1) is 17.0 Å². The second kappa shape index (κ2) is 9.11. The minimum atomic E-state index is -0.474. The van der Waals surface area contributed by atoms with Gasteiger partial charge in [-0.2, -0.15) is 5.10 Å². The smallest absolute Gasteiger partial charge is 0.269 e. The van der Waals surface area contributed by atoms with Crippen molar-refractivity contribution in [1.29, 1.82) is 0 Å². The maximum atomic E-state index is 12.3. The summed E-state index contributed by atoms with van der Waals surface area (Å²) in [6.45, 7) is 2.18. The quantitative estimate of drug-likeness (QED) is 0.334. The van der Waals surface area contributed by atoms with Crippen LogP contribution >= 0.6 is 11.3 Å². The molecule has 0 aliphatic rings. The van der Waals surface area contributed by atoms with Crippen LogP contribution in [0.5, 0.6) is 0 Å². The predicted octanol–water partition coefficient (Wildman–Crippen LogP) is 3.30. The summed E-state index contributed by atoms with van der Waals surface area (Å²) >= 11 is 1.36. The molecule has 1 aromatic carbocycles. The first-order valence-electron chi connectivity index (χ1n) is 8.87. The number of anilines is 1. The molecule has 2 aromatic heterocycles. The molecule has 3 rings (SSSR count). The maximum Gasteiger partial charge on any atom is 0.269 e. The van der Waals surface area contributed by atoms with Gasteiger partial charge in [-0.25, -0.2) is 4.68 Å². The number of benzene rings is 1. The third-order valence-electron chi connectivity index (χ3n) is 4.02. The summed E-state index contributed by atoms with van der Waals surface area (Å²) < 4.78 is 1.52. The number of aryl methyl sites for hydroxylation is 1. The van der Waals surface area contributed by atoms with Gasteiger partial charge in [0.1, 0.15) is 5.82 Å². The lowest BCUT2D eigenvalue weighted by Crippen LogP contribution is -2.24. The van der Waals surface area contributed by atoms with Gasteiger partial charge in [0.25, 0.3) is 11.6 Å². The average molecular weight is 413 g/mol. The van der Waals surface area contributed by atoms with E-state index in [0.29, 0.717) is 35.0 Å². The monoisotopic (exact) mass is 413 g/mol. The zero-order valence-corrected chi connectivity index (χ0v) is 16.4. The zero-order valence-electron chi connectivity index (χ0n) is 15.6. The summed E-state index contributed by atoms with van der Waals surface area (Å²) in [6.07, 6.45) is 0.725. The van der Waals surface area contributed by atoms with Crippen molar-refractivity contribution in [2.24, 2.45) is 0 Å². The minimum absolute atomic E-state index is 0.0205. The van der Waals surface area contributed by atoms with Gasteiger partial charge in [0, 0.05) is 31.2 Å². The number of rotatable bonds is 8. The molecule has 0 unspecified atom stereocenters. The number of nitrogens with zero attached hydrogens (tertiary/aromatic N) is 3. The van der Waals surface area contributed by atoms with E-state index in [0.717, 1.165) is 0 Å². The summed E-state index contributed by atoms with van der Waals surface area (Å²) in [5.74, 6) is 0.120. The fraction of sp³-hybridized carbons (Fsp3) is 0.211. The molecular formula is C19H19N5O4S. The van der Waals surface area contributed by atoms with Gasteiger partial charge in [0.15, 0.2) is 0 Å². The van der Waals surface area contributed by atoms with Crippen LogP contribution in [0.2, 0.25) is 0 Å². The molecule has 0 bridgehead atoms. The van der Waals surface area contributed by atoms with Crippen LogP contribution in [-0.2, 0) is 4.79 Å². The van der Waals surface area contributed by atoms with E-state index in [9.17, 15) is 19.7 Å². The van der Waals surface area contributed by atoms with Crippen molar-refractivity contribution in [1.82, 2.24) is 15.1 Å². The number of amides is 2. The molecule has 2 heterocycles. The number of carbonyl (C=O) groups excluding carboxylic acids is 2. The lowest BCUT2D eigenvalue weighted by atomic mass is 10.2. The Morgan fingerprint density at radius 2 is 2.00 bits per heavy atom. The normalized spacial score (nSPS) is 10.5. The van der Waals surface area contributed by atoms with Gasteiger partial charge in [-0.1, -0.05) is 6.07 Å². The molecule has 0 fully saturated rings. The molecule has 0 radical (unpaired) electrons. The molecule has 0 spiro atoms. The van der Waals surface area contributed by atoms with E-state index < -0.39 is 4.92 Å². The van der Waals surface area contributed by atoms with Crippen LogP contribution < -0.4 is 10.6 Å². The molecule has 9 nitrogen and oxygen atoms in total. The Balaban J connectivity index is 1.55. The highest BCUT2D eigenvalue weighted by molar-refractivity contribution is 7.12. The Labute approximate surface area is 170 Å². The van der Waals surface area contributed by atoms with Gasteiger partial charge in [0.05, 0.1) is 21.2 Å². The average Bonchev–Trinajstić information content (AvgIpc) is 3.35. The van der Waals surface area contributed by atoms with Crippen LogP contribution in [0.25, 0.3) is 5.69 Å². The molecule has 2 N–H and O–H groups in total. The van der Waals surface area contributed by atoms with Gasteiger partial charge in [-0.3, -0.25) is 19.7 Å². The van der Waals surface area contributed by atoms with Gasteiger partial charge >= 0.3 is 0 Å². The Kier molecular flexibility index (Phi) is 6.35. The van der Waals surface area contributed by atoms with Crippen molar-refractivity contribution >= 4 is 34.7 Å². The molecule has 29 heavy (non-hydrogen) atoms. The number of nitro benzene ring substituents is 1. The van der Waals surface area contributed by atoms with E-state index in [1.54, 1.807) is 31.2 Å². The molecule has 3 aromatic rings. The third kappa shape index (κ3) is 5.26. The van der Waals surface area contributed by atoms with Crippen molar-refractivity contribution in [2.75, 3.05) is 11.9 Å². The van der Waals surface area contributed by atoms with Crippen LogP contribution in [0.4, 0.5) is 11.5 Å². The molecular weight excluding hydrogens is 394 g/mol. The molecule has 0 aliphatic heterocycles. The van der Waals surface area contributed by atoms with Crippen LogP contribution in [0.1, 0.15) is 28.2 Å². The highest BCUT2D eigenvalue weighted by Crippen LogP contribution is 2.20. The Morgan fingerprint density at radius 3 is 2.66 bits per heavy atom. The second-order valence-electron chi connectivity index (χ2n) is 6.24. The number of nitro groups is 1. The minimum Gasteiger partial charge on any atom is -0.351 e. The van der Waals surface area contributed by atoms with Crippen LogP contribution in [0.15, 0.2) is 47.8 Å². The van der Waals surface area contributed by atoms with E-state index in [1.165, 1.54) is 28.2 Å². The molecule has 0 aliphatic carbocycles. The molecule has 10 heteroatoms. The standard InChI is InChI=1S/C19H19N5O4S/c1-13-12-17(23(22-13)14-6-8-15(9-7-14)24(27)28)21-18(25)5-2-10-20-19(26)16-4-3-11-29-16/h3-4,6-9,11-12H,2,5,10H2,1H3,(H,20,26)(H,21,25). The molecule has 2 amide bonds. The first-order valence-corrected chi connectivity index (χ1v) is 9.75. The van der Waals surface area contributed by atoms with E-state index in [1.807, 2.05) is 11.4 Å². The fourth-order valence-corrected chi connectivity index (χ4v) is 3.29. The Hall–Kier alpha value is -3.53. The summed E-state index contributed by atoms with van der Waals surface area (Å²) in [5.41, 5.74) is 1.27. The van der Waals surface area contributed by atoms with E-state index in [2.05, 4.69) is 15.7 Å². The van der Waals surface area contributed by atoms with Gasteiger partial charge in [0.2, 0.25) is 5.91 Å². The van der Waals surface area contributed by atoms with Gasteiger partial charge in [-0.15, -0.1) is 11.3 Å². The van der Waals surface area contributed by atoms with Crippen LogP contribution in [0.3, 0.4) is 0 Å². The van der Waals surface area contributed by atoms with E-state index in [4.69, 9.17) is 0 Å². The molecule has 0 saturated carbocycles. The van der Waals surface area contributed by atoms with Crippen molar-refractivity contribution in [3.8, 4) is 5.69 Å². The lowest BCUT2D eigenvalue weighted by molar-refractivity contribution is -0.384. The first kappa shape index (κ1) is 20.2. The first-order chi connectivity index (χ1) is 13.9. The summed E-state index contributed by atoms with van der Waals surface area (Å²) in [6, 6.07) is 11.2. The van der Waals surface area contributed by atoms with Gasteiger partial charge in [-0.05, 0) is 36.9 Å². The number of aromatic nitrogens is 2. The third-order valence-corrected chi connectivity index (χ3v) is 4.88. The molecule has 150 valence electrons. The summed E-state index contributed by atoms with van der Waals surface area (Å²) in [7, 11) is 0. The number of hydrogen-bond acceptors (Lipinski definition) is 6. The second-order valence-corrected chi connectivity index (χ2v) is 7.19. The number of non-ortho nitro benzene ring substituents is 1. The van der Waals surface area contributed by atoms with Crippen molar-refractivity contribution in [2.45, 2.75) is 19.8 Å². The van der Waals surface area contributed by atoms with E-state index >= 15 is 0 Å². The Morgan fingerprint density at radius 1 is 1.24 bits per heavy atom. The fourth-order valence-electron chi connectivity index (χ4n) is 2.65. The number of thiophene rings is 1. The summed E-state index contributed by atoms with van der Waals surface area (Å²) in [4.78, 5) is 35.1. The van der Waals surface area contributed by atoms with Crippen molar-refractivity contribution < 1.29 is 14.5 Å². The largest absolute Gasteiger partial charge is 0.351 e. The number of nitrogens with one attached hydrogen (secondary N) is 2. The zero-order chi connectivity index (χ0) is 20.8. The van der Waals surface area contributed by atoms with E-state index in [-0.39, 0.29) is 23.9 Å². The summed E-state index contributed by atoms with van der Waals surface area (Å²) in [5, 5.41) is 22.5. The number of carbonyl (C=O) groups is 2. The van der Waals surface area contributed by atoms with Crippen molar-refractivity contribution in [3.05, 3.63) is 68.5 Å². The maximum absolute atomic E-state index is 12.3. The highest BCUT2D eigenvalue weighted by Gasteiger charge is 2.13. The number of hydrogen-bond donors (Lipinski definition) is 2. The molecule has 0 atom stereocenters. The van der Waals surface area contributed by atoms with Gasteiger partial charge < -0.3 is 10.6 Å². The topological polar surface area (TPSA) is 119 Å². The van der Waals surface area contributed by atoms with Crippen molar-refractivity contribution in [3.63, 3.8) is 0 Å². The molecule has 0 saturated heterocycles.